The lowest BCUT2D eigenvalue weighted by atomic mass is 10.0. The van der Waals surface area contributed by atoms with E-state index in [1.807, 2.05) is 48.5 Å². The van der Waals surface area contributed by atoms with Crippen LogP contribution in [0.15, 0.2) is 48.5 Å². The molecule has 2 amide bonds. The Labute approximate surface area is 157 Å². The number of amides is 2. The summed E-state index contributed by atoms with van der Waals surface area (Å²) in [5, 5.41) is 16.3. The van der Waals surface area contributed by atoms with Crippen LogP contribution in [-0.4, -0.2) is 58.9 Å². The first-order valence-corrected chi connectivity index (χ1v) is 8.73. The average Bonchev–Trinajstić information content (AvgIpc) is 3.00. The molecule has 0 aromatic heterocycles. The number of carboxylic acids is 1. The third-order valence-corrected chi connectivity index (χ3v) is 4.66. The van der Waals surface area contributed by atoms with Crippen LogP contribution < -0.4 is 5.73 Å². The molecule has 7 heteroatoms. The normalized spacial score (nSPS) is 13.9. The zero-order valence-corrected chi connectivity index (χ0v) is 14.9. The van der Waals surface area contributed by atoms with Crippen molar-refractivity contribution in [2.24, 2.45) is 5.73 Å². The van der Waals surface area contributed by atoms with Crippen LogP contribution in [0.4, 0.5) is 4.79 Å². The fourth-order valence-corrected chi connectivity index (χ4v) is 3.12. The Hall–Kier alpha value is -3.35. The number of hydrogen-bond acceptors (Lipinski definition) is 3. The van der Waals surface area contributed by atoms with Gasteiger partial charge in [-0.15, -0.1) is 0 Å². The second-order valence-electron chi connectivity index (χ2n) is 6.52. The summed E-state index contributed by atoms with van der Waals surface area (Å²) in [6.45, 7) is 1.35. The zero-order valence-electron chi connectivity index (χ0n) is 14.9. The zero-order chi connectivity index (χ0) is 19.4. The minimum Gasteiger partial charge on any atom is -0.480 e. The van der Waals surface area contributed by atoms with Crippen molar-refractivity contribution in [3.05, 3.63) is 59.7 Å². The average molecular weight is 366 g/mol. The molecule has 0 spiro atoms. The number of nitrogens with two attached hydrogens (primary N) is 1. The van der Waals surface area contributed by atoms with Crippen molar-refractivity contribution in [3.63, 3.8) is 0 Å². The molecular weight excluding hydrogens is 344 g/mol. The van der Waals surface area contributed by atoms with E-state index < -0.39 is 5.97 Å². The summed E-state index contributed by atoms with van der Waals surface area (Å²) in [6.07, 6.45) is 0.718. The van der Waals surface area contributed by atoms with Gasteiger partial charge in [0.15, 0.2) is 0 Å². The fraction of sp³-hybridized carbons (Fsp3) is 0.250. The van der Waals surface area contributed by atoms with Crippen LogP contribution in [0, 0.1) is 5.41 Å². The molecule has 140 valence electrons. The number of amidine groups is 1. The molecule has 7 nitrogen and oxygen atoms in total. The number of carbonyl (C=O) groups is 2. The molecule has 1 fully saturated rings. The number of urea groups is 1. The van der Waals surface area contributed by atoms with Crippen LogP contribution in [0.3, 0.4) is 0 Å². The third kappa shape index (κ3) is 4.44. The van der Waals surface area contributed by atoms with Gasteiger partial charge in [0.25, 0.3) is 0 Å². The minimum absolute atomic E-state index is 0.0512. The molecule has 0 unspecified atom stereocenters. The predicted molar refractivity (Wildman–Crippen MR) is 103 cm³/mol. The van der Waals surface area contributed by atoms with Crippen molar-refractivity contribution in [1.82, 2.24) is 9.80 Å². The quantitative estimate of drug-likeness (QED) is 0.514. The molecule has 2 aromatic rings. The van der Waals surface area contributed by atoms with Crippen LogP contribution in [0.25, 0.3) is 11.1 Å². The molecule has 3 rings (SSSR count). The molecule has 27 heavy (non-hydrogen) atoms. The van der Waals surface area contributed by atoms with Gasteiger partial charge < -0.3 is 20.6 Å². The van der Waals surface area contributed by atoms with E-state index in [4.69, 9.17) is 16.2 Å². The highest BCUT2D eigenvalue weighted by Gasteiger charge is 2.29. The number of rotatable bonds is 7. The van der Waals surface area contributed by atoms with Crippen LogP contribution in [-0.2, 0) is 11.2 Å². The number of hydrogen-bond donors (Lipinski definition) is 3. The van der Waals surface area contributed by atoms with E-state index in [1.165, 1.54) is 4.90 Å². The van der Waals surface area contributed by atoms with E-state index in [9.17, 15) is 9.59 Å². The van der Waals surface area contributed by atoms with Crippen LogP contribution >= 0.6 is 0 Å². The van der Waals surface area contributed by atoms with Crippen molar-refractivity contribution in [2.45, 2.75) is 6.42 Å². The Bertz CT molecular complexity index is 847. The van der Waals surface area contributed by atoms with Crippen LogP contribution in [0.1, 0.15) is 11.1 Å². The lowest BCUT2D eigenvalue weighted by Crippen LogP contribution is -2.36. The summed E-state index contributed by atoms with van der Waals surface area (Å²) in [5.74, 6) is -0.938. The maximum atomic E-state index is 12.1. The summed E-state index contributed by atoms with van der Waals surface area (Å²) < 4.78 is 0. The topological polar surface area (TPSA) is 111 Å². The molecule has 1 saturated heterocycles. The van der Waals surface area contributed by atoms with E-state index in [0.29, 0.717) is 25.2 Å². The highest BCUT2D eigenvalue weighted by atomic mass is 16.4. The van der Waals surface area contributed by atoms with Gasteiger partial charge >= 0.3 is 12.0 Å². The summed E-state index contributed by atoms with van der Waals surface area (Å²) in [7, 11) is 0. The van der Waals surface area contributed by atoms with Gasteiger partial charge in [0, 0.05) is 25.2 Å². The summed E-state index contributed by atoms with van der Waals surface area (Å²) in [6, 6.07) is 15.4. The van der Waals surface area contributed by atoms with E-state index in [2.05, 4.69) is 0 Å². The van der Waals surface area contributed by atoms with Gasteiger partial charge in [0.1, 0.15) is 12.4 Å². The first-order chi connectivity index (χ1) is 12.9. The molecule has 0 bridgehead atoms. The van der Waals surface area contributed by atoms with Gasteiger partial charge in [0.05, 0.1) is 0 Å². The molecule has 0 aliphatic carbocycles. The Kier molecular flexibility index (Phi) is 5.40. The number of nitrogens with one attached hydrogen (secondary N) is 1. The van der Waals surface area contributed by atoms with Crippen molar-refractivity contribution in [1.29, 1.82) is 5.41 Å². The van der Waals surface area contributed by atoms with Gasteiger partial charge in [-0.3, -0.25) is 10.2 Å². The van der Waals surface area contributed by atoms with Gasteiger partial charge in [-0.2, -0.15) is 0 Å². The Morgan fingerprint density at radius 3 is 2.11 bits per heavy atom. The number of benzene rings is 2. The second-order valence-corrected chi connectivity index (χ2v) is 6.52. The maximum absolute atomic E-state index is 12.1. The van der Waals surface area contributed by atoms with Crippen molar-refractivity contribution < 1.29 is 14.7 Å². The molecule has 0 atom stereocenters. The Balaban J connectivity index is 1.57. The molecule has 2 aromatic carbocycles. The van der Waals surface area contributed by atoms with E-state index in [1.54, 1.807) is 4.90 Å². The lowest BCUT2D eigenvalue weighted by Gasteiger charge is -2.17. The van der Waals surface area contributed by atoms with Crippen LogP contribution in [0.5, 0.6) is 0 Å². The number of aliphatic carboxylic acids is 1. The first-order valence-electron chi connectivity index (χ1n) is 8.73. The lowest BCUT2D eigenvalue weighted by molar-refractivity contribution is -0.137. The molecule has 1 aliphatic rings. The van der Waals surface area contributed by atoms with Crippen molar-refractivity contribution in [3.8, 4) is 11.1 Å². The van der Waals surface area contributed by atoms with Crippen molar-refractivity contribution >= 4 is 17.8 Å². The number of nitrogen functional groups attached to an aromatic ring is 1. The SMILES string of the molecule is N=C(N)c1ccc(-c2ccc(CCN3CCN(CC(=O)O)C3=O)cc2)cc1. The van der Waals surface area contributed by atoms with E-state index >= 15 is 0 Å². The third-order valence-electron chi connectivity index (χ3n) is 4.66. The molecule has 0 radical (unpaired) electrons. The molecule has 4 N–H and O–H groups in total. The van der Waals surface area contributed by atoms with Gasteiger partial charge in [-0.05, 0) is 23.1 Å². The molecule has 0 saturated carbocycles. The number of carbonyl (C=O) groups excluding carboxylic acids is 1. The smallest absolute Gasteiger partial charge is 0.323 e. The molecular formula is C20H22N4O3. The minimum atomic E-state index is -0.989. The van der Waals surface area contributed by atoms with Crippen LogP contribution in [0.2, 0.25) is 0 Å². The van der Waals surface area contributed by atoms with E-state index in [0.717, 1.165) is 23.1 Å². The standard InChI is InChI=1S/C20H22N4O3/c21-19(22)17-7-5-16(6-8-17)15-3-1-14(2-4-15)9-10-23-11-12-24(20(23)27)13-18(25)26/h1-8H,9-13H2,(H3,21,22)(H,25,26). The maximum Gasteiger partial charge on any atom is 0.323 e. The Morgan fingerprint density at radius 2 is 1.56 bits per heavy atom. The largest absolute Gasteiger partial charge is 0.480 e. The number of carboxylic acid groups (broad SMARTS) is 1. The first kappa shape index (κ1) is 18.4. The summed E-state index contributed by atoms with van der Waals surface area (Å²) in [5.41, 5.74) is 9.40. The van der Waals surface area contributed by atoms with Crippen molar-refractivity contribution in [2.75, 3.05) is 26.2 Å². The van der Waals surface area contributed by atoms with E-state index in [-0.39, 0.29) is 18.4 Å². The highest BCUT2D eigenvalue weighted by Crippen LogP contribution is 2.21. The van der Waals surface area contributed by atoms with Gasteiger partial charge in [-0.25, -0.2) is 4.79 Å². The predicted octanol–water partition coefficient (Wildman–Crippen LogP) is 2.00. The Morgan fingerprint density at radius 1 is 1.00 bits per heavy atom. The highest BCUT2D eigenvalue weighted by molar-refractivity contribution is 5.95. The summed E-state index contributed by atoms with van der Waals surface area (Å²) in [4.78, 5) is 25.9. The monoisotopic (exact) mass is 366 g/mol. The van der Waals surface area contributed by atoms with Gasteiger partial charge in [-0.1, -0.05) is 48.5 Å². The fourth-order valence-electron chi connectivity index (χ4n) is 3.12. The number of nitrogens with zero attached hydrogens (tertiary/aromatic N) is 2. The molecule has 1 heterocycles. The molecule has 1 aliphatic heterocycles. The van der Waals surface area contributed by atoms with Gasteiger partial charge in [0.2, 0.25) is 0 Å². The second kappa shape index (κ2) is 7.90. The summed E-state index contributed by atoms with van der Waals surface area (Å²) >= 11 is 0.